The summed E-state index contributed by atoms with van der Waals surface area (Å²) in [4.78, 5) is 20.6. The second kappa shape index (κ2) is 4.38. The van der Waals surface area contributed by atoms with Gasteiger partial charge in [0.2, 0.25) is 0 Å². The minimum Gasteiger partial charge on any atom is -0.478 e. The molecular formula is C7H7FO3. The van der Waals surface area contributed by atoms with Crippen molar-refractivity contribution in [3.8, 4) is 0 Å². The highest BCUT2D eigenvalue weighted by Gasteiger charge is 2.00. The second-order valence-electron chi connectivity index (χ2n) is 1.83. The van der Waals surface area contributed by atoms with Crippen molar-refractivity contribution in [2.45, 2.75) is 6.92 Å². The predicted octanol–water partition coefficient (Wildman–Crippen LogP) is 1.07. The summed E-state index contributed by atoms with van der Waals surface area (Å²) < 4.78 is 11.3. The Bertz CT molecular complexity index is 228. The van der Waals surface area contributed by atoms with Gasteiger partial charge in [-0.3, -0.25) is 4.79 Å². The summed E-state index contributed by atoms with van der Waals surface area (Å²) in [5, 5.41) is 8.26. The number of halogens is 1. The first-order valence-electron chi connectivity index (χ1n) is 2.80. The lowest BCUT2D eigenvalue weighted by atomic mass is 10.2. The van der Waals surface area contributed by atoms with Gasteiger partial charge in [0, 0.05) is 11.6 Å². The Kier molecular flexibility index (Phi) is 3.80. The van der Waals surface area contributed by atoms with E-state index in [0.717, 1.165) is 6.08 Å². The Balaban J connectivity index is 4.31. The highest BCUT2D eigenvalue weighted by atomic mass is 19.1. The first-order valence-corrected chi connectivity index (χ1v) is 2.80. The third-order valence-electron chi connectivity index (χ3n) is 0.923. The number of allylic oxidation sites excluding steroid dienone is 2. The Morgan fingerprint density at radius 3 is 2.36 bits per heavy atom. The lowest BCUT2D eigenvalue weighted by molar-refractivity contribution is -0.132. The van der Waals surface area contributed by atoms with Crippen molar-refractivity contribution in [1.29, 1.82) is 0 Å². The van der Waals surface area contributed by atoms with Crippen LogP contribution in [-0.4, -0.2) is 16.9 Å². The molecule has 0 saturated heterocycles. The van der Waals surface area contributed by atoms with Gasteiger partial charge in [-0.1, -0.05) is 0 Å². The van der Waals surface area contributed by atoms with Gasteiger partial charge in [-0.25, -0.2) is 9.18 Å². The van der Waals surface area contributed by atoms with E-state index in [9.17, 15) is 14.0 Å². The molecule has 11 heavy (non-hydrogen) atoms. The molecule has 3 nitrogen and oxygen atoms in total. The number of carbonyl (C=O) groups is 2. The van der Waals surface area contributed by atoms with Crippen molar-refractivity contribution < 1.29 is 19.1 Å². The van der Waals surface area contributed by atoms with Crippen LogP contribution in [0.3, 0.4) is 0 Å². The average Bonchev–Trinajstić information content (AvgIpc) is 1.87. The maximum atomic E-state index is 11.3. The van der Waals surface area contributed by atoms with Crippen LogP contribution in [0.4, 0.5) is 4.39 Å². The first kappa shape index (κ1) is 9.55. The van der Waals surface area contributed by atoms with Crippen molar-refractivity contribution in [2.75, 3.05) is 0 Å². The summed E-state index contributed by atoms with van der Waals surface area (Å²) in [6, 6.07) is 0. The van der Waals surface area contributed by atoms with Crippen molar-refractivity contribution >= 4 is 11.8 Å². The van der Waals surface area contributed by atoms with Crippen LogP contribution in [0.1, 0.15) is 6.92 Å². The molecule has 1 N–H and O–H groups in total. The Morgan fingerprint density at radius 2 is 2.00 bits per heavy atom. The molecule has 4 heteroatoms. The number of aliphatic carboxylic acids is 1. The van der Waals surface area contributed by atoms with Gasteiger partial charge in [0.05, 0.1) is 6.33 Å². The molecule has 0 aliphatic heterocycles. The van der Waals surface area contributed by atoms with E-state index in [1.165, 1.54) is 6.92 Å². The standard InChI is InChI=1S/C7H7FO3/c1-5(7(10)11)4-6(9)2-3-8/h2-4H,1H3,(H,10,11). The number of carbonyl (C=O) groups excluding carboxylic acids is 1. The van der Waals surface area contributed by atoms with Crippen molar-refractivity contribution in [2.24, 2.45) is 0 Å². The molecule has 0 amide bonds. The summed E-state index contributed by atoms with van der Waals surface area (Å²) in [5.74, 6) is -1.86. The molecule has 0 rings (SSSR count). The van der Waals surface area contributed by atoms with E-state index in [1.807, 2.05) is 0 Å². The largest absolute Gasteiger partial charge is 0.478 e. The summed E-state index contributed by atoms with van der Waals surface area (Å²) in [6.45, 7) is 1.26. The van der Waals surface area contributed by atoms with Crippen LogP contribution in [0.2, 0.25) is 0 Å². The second-order valence-corrected chi connectivity index (χ2v) is 1.83. The lowest BCUT2D eigenvalue weighted by Crippen LogP contribution is -1.98. The van der Waals surface area contributed by atoms with Crippen LogP contribution in [-0.2, 0) is 9.59 Å². The minimum atomic E-state index is -1.19. The van der Waals surface area contributed by atoms with Gasteiger partial charge < -0.3 is 5.11 Å². The number of hydrogen-bond donors (Lipinski definition) is 1. The van der Waals surface area contributed by atoms with Crippen LogP contribution < -0.4 is 0 Å². The van der Waals surface area contributed by atoms with Crippen LogP contribution >= 0.6 is 0 Å². The van der Waals surface area contributed by atoms with E-state index in [2.05, 4.69) is 0 Å². The molecule has 0 bridgehead atoms. The number of ketones is 1. The van der Waals surface area contributed by atoms with E-state index < -0.39 is 11.8 Å². The van der Waals surface area contributed by atoms with Crippen LogP contribution in [0, 0.1) is 0 Å². The van der Waals surface area contributed by atoms with Gasteiger partial charge in [-0.2, -0.15) is 0 Å². The summed E-state index contributed by atoms with van der Waals surface area (Å²) in [6.07, 6.45) is 1.55. The van der Waals surface area contributed by atoms with E-state index in [-0.39, 0.29) is 11.9 Å². The zero-order valence-corrected chi connectivity index (χ0v) is 5.87. The summed E-state index contributed by atoms with van der Waals surface area (Å²) in [5.41, 5.74) is -0.117. The van der Waals surface area contributed by atoms with Crippen molar-refractivity contribution in [3.63, 3.8) is 0 Å². The Morgan fingerprint density at radius 1 is 1.45 bits per heavy atom. The highest BCUT2D eigenvalue weighted by molar-refractivity contribution is 6.04. The molecule has 0 aliphatic carbocycles. The first-order chi connectivity index (χ1) is 5.07. The zero-order valence-electron chi connectivity index (χ0n) is 5.87. The summed E-state index contributed by atoms with van der Waals surface area (Å²) in [7, 11) is 0. The van der Waals surface area contributed by atoms with Crippen LogP contribution in [0.15, 0.2) is 24.1 Å². The van der Waals surface area contributed by atoms with Gasteiger partial charge in [0.1, 0.15) is 0 Å². The van der Waals surface area contributed by atoms with E-state index in [4.69, 9.17) is 5.11 Å². The smallest absolute Gasteiger partial charge is 0.331 e. The normalized spacial score (nSPS) is 12.0. The molecule has 0 radical (unpaired) electrons. The Labute approximate surface area is 62.8 Å². The number of rotatable bonds is 3. The maximum absolute atomic E-state index is 11.3. The fourth-order valence-corrected chi connectivity index (χ4v) is 0.385. The molecule has 0 unspecified atom stereocenters. The van der Waals surface area contributed by atoms with Gasteiger partial charge in [0.25, 0.3) is 0 Å². The molecule has 0 aliphatic rings. The number of carboxylic acid groups (broad SMARTS) is 1. The minimum absolute atomic E-state index is 0.0635. The quantitative estimate of drug-likeness (QED) is 0.625. The highest BCUT2D eigenvalue weighted by Crippen LogP contribution is 1.93. The molecule has 0 aromatic rings. The third kappa shape index (κ3) is 4.02. The molecule has 0 aromatic carbocycles. The fourth-order valence-electron chi connectivity index (χ4n) is 0.385. The molecule has 60 valence electrons. The third-order valence-corrected chi connectivity index (χ3v) is 0.923. The van der Waals surface area contributed by atoms with Crippen LogP contribution in [0.25, 0.3) is 0 Å². The maximum Gasteiger partial charge on any atom is 0.331 e. The predicted molar refractivity (Wildman–Crippen MR) is 36.6 cm³/mol. The molecule has 0 spiro atoms. The van der Waals surface area contributed by atoms with Gasteiger partial charge in [-0.05, 0) is 13.0 Å². The Hall–Kier alpha value is -1.45. The molecule has 0 heterocycles. The zero-order chi connectivity index (χ0) is 8.85. The van der Waals surface area contributed by atoms with Crippen LogP contribution in [0.5, 0.6) is 0 Å². The van der Waals surface area contributed by atoms with Gasteiger partial charge in [-0.15, -0.1) is 0 Å². The molecule has 0 atom stereocenters. The SMILES string of the molecule is CC(=CC(=O)C=CF)C(=O)O. The summed E-state index contributed by atoms with van der Waals surface area (Å²) >= 11 is 0. The average molecular weight is 158 g/mol. The monoisotopic (exact) mass is 158 g/mol. The van der Waals surface area contributed by atoms with Gasteiger partial charge in [0.15, 0.2) is 5.78 Å². The molecule has 0 saturated carbocycles. The molecule has 0 aromatic heterocycles. The van der Waals surface area contributed by atoms with E-state index in [1.54, 1.807) is 0 Å². The number of hydrogen-bond acceptors (Lipinski definition) is 2. The van der Waals surface area contributed by atoms with E-state index in [0.29, 0.717) is 6.08 Å². The lowest BCUT2D eigenvalue weighted by Gasteiger charge is -1.87. The van der Waals surface area contributed by atoms with Gasteiger partial charge >= 0.3 is 5.97 Å². The molecule has 0 fully saturated rings. The topological polar surface area (TPSA) is 54.4 Å². The van der Waals surface area contributed by atoms with Crippen molar-refractivity contribution in [1.82, 2.24) is 0 Å². The molecular weight excluding hydrogens is 151 g/mol. The van der Waals surface area contributed by atoms with Crippen molar-refractivity contribution in [3.05, 3.63) is 24.1 Å². The van der Waals surface area contributed by atoms with E-state index >= 15 is 0 Å². The fraction of sp³-hybridized carbons (Fsp3) is 0.143. The number of carboxylic acids is 1.